The second-order valence-electron chi connectivity index (χ2n) is 2.38. The van der Waals surface area contributed by atoms with Gasteiger partial charge in [0.15, 0.2) is 16.5 Å². The molecule has 0 aliphatic carbocycles. The molecule has 0 unspecified atom stereocenters. The number of nitrogens with zero attached hydrogens (tertiary/aromatic N) is 6. The van der Waals surface area contributed by atoms with Crippen LogP contribution in [0.4, 0.5) is 0 Å². The van der Waals surface area contributed by atoms with E-state index in [0.717, 1.165) is 0 Å². The largest absolute Gasteiger partial charge is 0.762 e. The van der Waals surface area contributed by atoms with Crippen LogP contribution >= 0.6 is 11.6 Å². The molecular formula is C9ClN6-. The van der Waals surface area contributed by atoms with Crippen LogP contribution in [0.5, 0.6) is 0 Å². The van der Waals surface area contributed by atoms with Gasteiger partial charge in [0.05, 0.1) is 5.57 Å². The molecule has 0 aliphatic heterocycles. The number of rotatable bonds is 1. The second-order valence-corrected chi connectivity index (χ2v) is 2.74. The van der Waals surface area contributed by atoms with Crippen molar-refractivity contribution < 1.29 is 0 Å². The average molecular weight is 228 g/mol. The zero-order valence-electron chi connectivity index (χ0n) is 7.56. The van der Waals surface area contributed by atoms with Crippen LogP contribution in [0.3, 0.4) is 0 Å². The highest BCUT2D eigenvalue weighted by atomic mass is 35.5. The lowest BCUT2D eigenvalue weighted by molar-refractivity contribution is 1.11. The van der Waals surface area contributed by atoms with Crippen molar-refractivity contribution in [1.82, 2.24) is 9.97 Å². The molecule has 1 rings (SSSR count). The summed E-state index contributed by atoms with van der Waals surface area (Å²) in [7, 11) is 0. The molecule has 0 radical (unpaired) electrons. The van der Waals surface area contributed by atoms with Gasteiger partial charge in [-0.25, -0.2) is 15.8 Å². The third-order valence-electron chi connectivity index (χ3n) is 1.53. The Morgan fingerprint density at radius 2 is 1.69 bits per heavy atom. The Morgan fingerprint density at radius 1 is 1.12 bits per heavy atom. The molecule has 1 heterocycles. The maximum absolute atomic E-state index is 8.67. The second kappa shape index (κ2) is 4.68. The molecule has 0 saturated carbocycles. The molecule has 0 fully saturated rings. The van der Waals surface area contributed by atoms with Crippen molar-refractivity contribution in [3.63, 3.8) is 0 Å². The Kier molecular flexibility index (Phi) is 3.33. The van der Waals surface area contributed by atoms with Crippen molar-refractivity contribution in [2.45, 2.75) is 0 Å². The summed E-state index contributed by atoms with van der Waals surface area (Å²) in [4.78, 5) is 7.22. The lowest BCUT2D eigenvalue weighted by Crippen LogP contribution is -2.00. The highest BCUT2D eigenvalue weighted by Crippen LogP contribution is 2.19. The Morgan fingerprint density at radius 3 is 2.12 bits per heavy atom. The number of aromatic nitrogens is 2. The van der Waals surface area contributed by atoms with Gasteiger partial charge in [-0.05, 0) is 0 Å². The summed E-state index contributed by atoms with van der Waals surface area (Å²) in [5.41, 5.74) is -1.07. The van der Waals surface area contributed by atoms with Crippen molar-refractivity contribution in [1.29, 1.82) is 15.8 Å². The van der Waals surface area contributed by atoms with Crippen LogP contribution < -0.4 is 0 Å². The van der Waals surface area contributed by atoms with Crippen LogP contribution in [0, 0.1) is 34.0 Å². The highest BCUT2D eigenvalue weighted by molar-refractivity contribution is 6.31. The van der Waals surface area contributed by atoms with Crippen LogP contribution in [-0.4, -0.2) is 15.8 Å². The third kappa shape index (κ3) is 1.87. The molecule has 0 bridgehead atoms. The molecule has 6 nitrogen and oxygen atoms in total. The lowest BCUT2D eigenvalue weighted by atomic mass is 10.2. The monoisotopic (exact) mass is 227 g/mol. The van der Waals surface area contributed by atoms with E-state index in [4.69, 9.17) is 32.8 Å². The van der Waals surface area contributed by atoms with Gasteiger partial charge in [-0.15, -0.1) is 0 Å². The highest BCUT2D eigenvalue weighted by Gasteiger charge is 2.14. The first-order chi connectivity index (χ1) is 7.67. The average Bonchev–Trinajstić information content (AvgIpc) is 2.32. The van der Waals surface area contributed by atoms with E-state index in [1.54, 1.807) is 24.1 Å². The van der Waals surface area contributed by atoms with Crippen LogP contribution in [-0.2, 0) is 0 Å². The Hall–Kier alpha value is -2.71. The molecule has 1 aromatic heterocycles. The van der Waals surface area contributed by atoms with Gasteiger partial charge in [-0.3, -0.25) is 0 Å². The zero-order chi connectivity index (χ0) is 12.1. The summed E-state index contributed by atoms with van der Waals surface area (Å²) >= 11 is 5.63. The fourth-order valence-electron chi connectivity index (χ4n) is 0.861. The minimum absolute atomic E-state index is 0.192. The fraction of sp³-hybridized carbons (Fsp3) is 0. The minimum atomic E-state index is -0.363. The summed E-state index contributed by atoms with van der Waals surface area (Å²) in [6, 6.07) is 4.84. The molecule has 1 aromatic rings. The van der Waals surface area contributed by atoms with E-state index in [0.29, 0.717) is 0 Å². The van der Waals surface area contributed by atoms with Gasteiger partial charge < -0.3 is 5.41 Å². The molecule has 0 amide bonds. The van der Waals surface area contributed by atoms with E-state index in [9.17, 15) is 0 Å². The lowest BCUT2D eigenvalue weighted by Gasteiger charge is -2.01. The standard InChI is InChI=1S/C9ClN6/c10-9-8(5(1-11)2-12)15-6(3-13)7(4-14)16-9/q-1. The quantitative estimate of drug-likeness (QED) is 0.524. The Labute approximate surface area is 95.2 Å². The summed E-state index contributed by atoms with van der Waals surface area (Å²) in [6.45, 7) is 0. The number of hydrogen-bond donors (Lipinski definition) is 0. The molecule has 0 aromatic carbocycles. The number of hydrogen-bond acceptors (Lipinski definition) is 5. The first kappa shape index (κ1) is 11.4. The minimum Gasteiger partial charge on any atom is -0.762 e. The number of nitriles is 3. The molecule has 0 atom stereocenters. The zero-order valence-corrected chi connectivity index (χ0v) is 8.32. The molecular weight excluding hydrogens is 228 g/mol. The van der Waals surface area contributed by atoms with E-state index < -0.39 is 0 Å². The maximum Gasteiger partial charge on any atom is 0.178 e. The van der Waals surface area contributed by atoms with E-state index in [1.807, 2.05) is 0 Å². The van der Waals surface area contributed by atoms with Gasteiger partial charge in [-0.1, -0.05) is 11.6 Å². The predicted octanol–water partition coefficient (Wildman–Crippen LogP) is 1.02. The van der Waals surface area contributed by atoms with Crippen LogP contribution in [0.2, 0.25) is 5.15 Å². The van der Waals surface area contributed by atoms with Crippen molar-refractivity contribution in [3.8, 4) is 18.2 Å². The van der Waals surface area contributed by atoms with E-state index in [1.165, 1.54) is 0 Å². The van der Waals surface area contributed by atoms with E-state index in [2.05, 4.69) is 9.97 Å². The van der Waals surface area contributed by atoms with E-state index >= 15 is 0 Å². The first-order valence-electron chi connectivity index (χ1n) is 3.73. The summed E-state index contributed by atoms with van der Waals surface area (Å²) in [5, 5.41) is 34.3. The molecule has 0 saturated heterocycles. The molecule has 0 aliphatic rings. The number of allylic oxidation sites excluding steroid dienone is 1. The van der Waals surface area contributed by atoms with Gasteiger partial charge in [0, 0.05) is 0 Å². The van der Waals surface area contributed by atoms with E-state index in [-0.39, 0.29) is 27.8 Å². The molecule has 0 spiro atoms. The van der Waals surface area contributed by atoms with Gasteiger partial charge in [0.2, 0.25) is 0 Å². The van der Waals surface area contributed by atoms with Crippen molar-refractivity contribution in [2.24, 2.45) is 0 Å². The SMILES string of the molecule is N#CC(=C=[N-])c1nc(C#N)c(C#N)nc1Cl. The normalized spacial score (nSPS) is 8.12. The van der Waals surface area contributed by atoms with Gasteiger partial charge >= 0.3 is 0 Å². The Balaban J connectivity index is 3.60. The molecule has 7 heteroatoms. The summed E-state index contributed by atoms with van der Waals surface area (Å²) < 4.78 is 0. The Bertz CT molecular complexity index is 621. The van der Waals surface area contributed by atoms with Gasteiger partial charge in [-0.2, -0.15) is 15.8 Å². The molecule has 16 heavy (non-hydrogen) atoms. The van der Waals surface area contributed by atoms with Crippen LogP contribution in [0.1, 0.15) is 17.1 Å². The first-order valence-corrected chi connectivity index (χ1v) is 4.11. The summed E-state index contributed by atoms with van der Waals surface area (Å²) in [6.07, 6.45) is 0. The third-order valence-corrected chi connectivity index (χ3v) is 1.79. The smallest absolute Gasteiger partial charge is 0.178 e. The van der Waals surface area contributed by atoms with Crippen molar-refractivity contribution in [2.75, 3.05) is 0 Å². The maximum atomic E-state index is 8.67. The van der Waals surface area contributed by atoms with Crippen LogP contribution in [0.25, 0.3) is 11.0 Å². The van der Waals surface area contributed by atoms with Gasteiger partial charge in [0.1, 0.15) is 23.9 Å². The van der Waals surface area contributed by atoms with Crippen molar-refractivity contribution in [3.05, 3.63) is 27.6 Å². The summed E-state index contributed by atoms with van der Waals surface area (Å²) in [5.74, 6) is 1.57. The van der Waals surface area contributed by atoms with Gasteiger partial charge in [0.25, 0.3) is 0 Å². The number of halogens is 1. The molecule has 0 N–H and O–H groups in total. The predicted molar refractivity (Wildman–Crippen MR) is 53.9 cm³/mol. The van der Waals surface area contributed by atoms with Crippen LogP contribution in [0.15, 0.2) is 0 Å². The topological polar surface area (TPSA) is 119 Å². The molecule has 74 valence electrons. The fourth-order valence-corrected chi connectivity index (χ4v) is 1.08. The van der Waals surface area contributed by atoms with Crippen molar-refractivity contribution >= 4 is 23.0 Å².